The molecule has 0 rings (SSSR count). The Hall–Kier alpha value is 0.490. The number of Topliss-reactive ketones (excluding diaryl/α,β-unsaturated/α-hetero) is 1. The van der Waals surface area contributed by atoms with Crippen molar-refractivity contribution in [1.82, 2.24) is 16.0 Å². The van der Waals surface area contributed by atoms with Crippen molar-refractivity contribution in [3.05, 3.63) is 0 Å². The number of aliphatic carboxylic acids is 3. The summed E-state index contributed by atoms with van der Waals surface area (Å²) in [6.45, 7) is 1.78. The van der Waals surface area contributed by atoms with Crippen LogP contribution in [0.4, 0.5) is 0 Å². The lowest BCUT2D eigenvalue weighted by Gasteiger charge is -2.16. The minimum absolute atomic E-state index is 0. The number of hydrogen-bond donors (Lipinski definition) is 12. The smallest absolute Gasteiger partial charge is 0.326 e. The van der Waals surface area contributed by atoms with Gasteiger partial charge >= 0.3 is 17.9 Å². The van der Waals surface area contributed by atoms with Crippen LogP contribution in [0.1, 0.15) is 144 Å². The molecular weight excluding hydrogens is 1180 g/mol. The fourth-order valence-corrected chi connectivity index (χ4v) is 7.08. The van der Waals surface area contributed by atoms with Crippen molar-refractivity contribution in [2.45, 2.75) is 153 Å². The molecule has 7 N–H and O–H groups in total. The zero-order chi connectivity index (χ0) is 50.1. The third-order valence-electron chi connectivity index (χ3n) is 9.45. The molecule has 1 unspecified atom stereocenters. The van der Waals surface area contributed by atoms with Crippen molar-refractivity contribution in [2.24, 2.45) is 5.92 Å². The van der Waals surface area contributed by atoms with E-state index in [0.29, 0.717) is 45.3 Å². The van der Waals surface area contributed by atoms with Crippen LogP contribution in [0.15, 0.2) is 0 Å². The number of carbonyl (C=O) groups is 7. The fraction of sp³-hybridized carbons (Fsp3) is 0.837. The van der Waals surface area contributed by atoms with E-state index >= 15 is 0 Å². The lowest BCUT2D eigenvalue weighted by Crippen LogP contribution is -2.41. The summed E-state index contributed by atoms with van der Waals surface area (Å²) in [4.78, 5) is 81.8. The predicted octanol–water partition coefficient (Wildman–Crippen LogP) is 7.42. The van der Waals surface area contributed by atoms with Gasteiger partial charge in [-0.2, -0.15) is 106 Å². The van der Waals surface area contributed by atoms with E-state index in [2.05, 4.69) is 76.2 Å². The number of ether oxygens (including phenoxy) is 4. The molecule has 446 valence electrons. The van der Waals surface area contributed by atoms with Crippen LogP contribution in [0.2, 0.25) is 0 Å². The van der Waals surface area contributed by atoms with Gasteiger partial charge in [-0.15, -0.1) is 35.0 Å². The molecule has 0 aliphatic heterocycles. The molecule has 0 aliphatic carbocycles. The van der Waals surface area contributed by atoms with Crippen LogP contribution in [-0.2, 0) is 52.5 Å². The molecule has 73 heavy (non-hydrogen) atoms. The van der Waals surface area contributed by atoms with Gasteiger partial charge in [0.1, 0.15) is 25.0 Å². The molecule has 3 amide bonds. The Morgan fingerprint density at radius 2 is 0.932 bits per heavy atom. The Morgan fingerprint density at radius 1 is 0.507 bits per heavy atom. The highest BCUT2D eigenvalue weighted by Crippen LogP contribution is 2.29. The van der Waals surface area contributed by atoms with Crippen LogP contribution in [0.5, 0.6) is 0 Å². The molecule has 0 aromatic rings. The summed E-state index contributed by atoms with van der Waals surface area (Å²) < 4.78 is 21.0. The second-order valence-corrected chi connectivity index (χ2v) is 17.4. The van der Waals surface area contributed by atoms with Gasteiger partial charge in [0.25, 0.3) is 0 Å². The number of aliphatic hydroxyl groups excluding tert-OH is 1. The number of amides is 3. The van der Waals surface area contributed by atoms with Gasteiger partial charge in [0.05, 0.1) is 49.5 Å². The van der Waals surface area contributed by atoms with E-state index in [1.165, 1.54) is 19.3 Å². The van der Waals surface area contributed by atoms with Crippen LogP contribution >= 0.6 is 152 Å². The van der Waals surface area contributed by atoms with Gasteiger partial charge in [0, 0.05) is 46.8 Å². The SMILES string of the molecule is C.O=C(O)CCCCCCCCCCCCCCC(=O)N[C@@H](CCC(=O)CCCOCCOCC(=O)NCCOCCOCC(=O)NCCCC[C@@H](C(=O)O)C(S)SS)C(=O)O.OCS.S.S.S.S.S.S.SS.[HH]. The molecule has 0 aromatic heterocycles. The third-order valence-corrected chi connectivity index (χ3v) is 11.8. The van der Waals surface area contributed by atoms with Crippen molar-refractivity contribution < 1.29 is 74.4 Å². The Bertz CT molecular complexity index is 1280. The first-order valence-electron chi connectivity index (χ1n) is 22.5. The molecule has 30 heteroatoms. The lowest BCUT2D eigenvalue weighted by molar-refractivity contribution is -0.142. The molecule has 0 spiro atoms. The van der Waals surface area contributed by atoms with E-state index in [9.17, 15) is 43.8 Å². The number of carboxylic acids is 3. The summed E-state index contributed by atoms with van der Waals surface area (Å²) in [5, 5.41) is 42.8. The number of carboxylic acid groups (broad SMARTS) is 3. The van der Waals surface area contributed by atoms with Gasteiger partial charge in [-0.25, -0.2) is 4.79 Å². The average Bonchev–Trinajstić information content (AvgIpc) is 3.28. The van der Waals surface area contributed by atoms with Crippen molar-refractivity contribution in [2.75, 3.05) is 71.9 Å². The number of ketones is 1. The second kappa shape index (κ2) is 74.6. The topological polar surface area (TPSA) is 273 Å². The number of unbranched alkanes of at least 4 members (excludes halogenated alkanes) is 12. The van der Waals surface area contributed by atoms with Crippen LogP contribution in [0, 0.1) is 5.92 Å². The summed E-state index contributed by atoms with van der Waals surface area (Å²) in [6.07, 6.45) is 15.3. The number of thiol groups is 5. The molecule has 0 aromatic carbocycles. The number of carbonyl (C=O) groups excluding carboxylic acids is 4. The molecule has 18 nitrogen and oxygen atoms in total. The predicted molar refractivity (Wildman–Crippen MR) is 344 cm³/mol. The van der Waals surface area contributed by atoms with Gasteiger partial charge in [-0.1, -0.05) is 88.8 Å². The van der Waals surface area contributed by atoms with Crippen LogP contribution < -0.4 is 16.0 Å². The minimum Gasteiger partial charge on any atom is -0.481 e. The highest BCUT2D eigenvalue weighted by Gasteiger charge is 2.25. The highest BCUT2D eigenvalue weighted by atomic mass is 33.1. The summed E-state index contributed by atoms with van der Waals surface area (Å²) in [7, 11) is 1.09. The van der Waals surface area contributed by atoms with Gasteiger partial charge in [0.2, 0.25) is 17.7 Å². The summed E-state index contributed by atoms with van der Waals surface area (Å²) in [5.74, 6) is -4.52. The minimum atomic E-state index is -1.17. The Morgan fingerprint density at radius 3 is 1.37 bits per heavy atom. The maximum absolute atomic E-state index is 12.3. The van der Waals surface area contributed by atoms with Crippen LogP contribution in [0.3, 0.4) is 0 Å². The summed E-state index contributed by atoms with van der Waals surface area (Å²) in [5.41, 5.74) is 0. The molecule has 0 saturated carbocycles. The third kappa shape index (κ3) is 72.5. The summed E-state index contributed by atoms with van der Waals surface area (Å²) in [6, 6.07) is -1.11. The molecule has 0 aliphatic rings. The average molecular weight is 1280 g/mol. The van der Waals surface area contributed by atoms with Crippen LogP contribution in [0.25, 0.3) is 0 Å². The standard InChI is InChI=1S/C41H73N3O14S3.CH4OS.CH4.H2S2.6H2S.H2/c45-32(20-21-34(40(53)54)44-35(46)18-11-9-7-5-3-1-2-4-6-8-10-12-19-38(49)50)16-15-24-55-26-28-57-31-37(48)43-23-25-56-27-29-58-30-36(47)42-22-14-13-17-33(39(51)52)41(59)61-60;2-1-3;;1-2;;;;;;;/h33-34,41,59-60H,1-31H2,(H,42,47)(H,43,48)(H,44,46)(H,49,50)(H,51,52)(H,53,54);2-3H,1H2;1H4;1-2H;6*1H2;1H/t33-,34-,41?;;;;;;;;;;/m0........../s1. The molecule has 0 bridgehead atoms. The number of hydrogen-bond acceptors (Lipinski definition) is 18. The van der Waals surface area contributed by atoms with E-state index in [0.717, 1.165) is 62.2 Å². The van der Waals surface area contributed by atoms with E-state index in [1.807, 2.05) is 0 Å². The normalized spacial score (nSPS) is 10.9. The largest absolute Gasteiger partial charge is 0.481 e. The van der Waals surface area contributed by atoms with Crippen molar-refractivity contribution in [1.29, 1.82) is 0 Å². The van der Waals surface area contributed by atoms with E-state index in [-0.39, 0.29) is 204 Å². The molecule has 0 heterocycles. The summed E-state index contributed by atoms with van der Waals surface area (Å²) >= 11 is 18.0. The first kappa shape index (κ1) is 95.8. The maximum Gasteiger partial charge on any atom is 0.326 e. The Balaban J connectivity index is -0.000000326. The zero-order valence-corrected chi connectivity index (χ0v) is 52.6. The van der Waals surface area contributed by atoms with Gasteiger partial charge in [-0.05, 0) is 38.5 Å². The van der Waals surface area contributed by atoms with Crippen molar-refractivity contribution >= 4 is 193 Å². The monoisotopic (exact) mass is 1280 g/mol. The van der Waals surface area contributed by atoms with Crippen molar-refractivity contribution in [3.63, 3.8) is 0 Å². The molecule has 0 saturated heterocycles. The fourth-order valence-electron chi connectivity index (χ4n) is 5.97. The number of aliphatic hydroxyl groups is 1. The first-order valence-corrected chi connectivity index (χ1v) is 27.2. The van der Waals surface area contributed by atoms with E-state index < -0.39 is 34.4 Å². The number of rotatable bonds is 45. The molecule has 3 atom stereocenters. The van der Waals surface area contributed by atoms with E-state index in [1.54, 1.807) is 0 Å². The first-order chi connectivity index (χ1) is 31.8. The van der Waals surface area contributed by atoms with Gasteiger partial charge < -0.3 is 55.3 Å². The molecule has 0 radical (unpaired) electrons. The lowest BCUT2D eigenvalue weighted by atomic mass is 10.0. The second-order valence-electron chi connectivity index (χ2n) is 14.9. The van der Waals surface area contributed by atoms with Gasteiger partial charge in [0.15, 0.2) is 0 Å². The van der Waals surface area contributed by atoms with Crippen molar-refractivity contribution in [3.8, 4) is 0 Å². The maximum atomic E-state index is 12.3. The zero-order valence-electron chi connectivity index (χ0n) is 41.3. The quantitative estimate of drug-likeness (QED) is 0.0122. The number of nitrogens with one attached hydrogen (secondary N) is 3. The van der Waals surface area contributed by atoms with Crippen LogP contribution in [-0.4, -0.2) is 144 Å². The molecular formula is C43H97N3O15S12. The Labute approximate surface area is 510 Å². The Kier molecular flexibility index (Phi) is 97.9. The van der Waals surface area contributed by atoms with E-state index in [4.69, 9.17) is 29.2 Å². The highest BCUT2D eigenvalue weighted by molar-refractivity contribution is 8.70. The molecule has 0 fully saturated rings. The van der Waals surface area contributed by atoms with Gasteiger partial charge in [-0.3, -0.25) is 28.8 Å².